The van der Waals surface area contributed by atoms with Crippen LogP contribution in [-0.2, 0) is 21.1 Å². The molecule has 4 rings (SSSR count). The molecule has 110 valence electrons. The zero-order valence-electron chi connectivity index (χ0n) is 12.4. The molecule has 0 N–H and O–H groups in total. The Morgan fingerprint density at radius 2 is 1.82 bits per heavy atom. The van der Waals surface area contributed by atoms with E-state index in [0.29, 0.717) is 0 Å². The number of aromatic nitrogens is 1. The van der Waals surface area contributed by atoms with Crippen molar-refractivity contribution in [1.29, 1.82) is 0 Å². The summed E-state index contributed by atoms with van der Waals surface area (Å²) < 4.78 is 0. The molecule has 2 heterocycles. The van der Waals surface area contributed by atoms with Crippen LogP contribution in [0.25, 0.3) is 22.0 Å². The van der Waals surface area contributed by atoms with Gasteiger partial charge in [0.25, 0.3) is 0 Å². The first-order chi connectivity index (χ1) is 10.3. The van der Waals surface area contributed by atoms with Crippen molar-refractivity contribution in [3.8, 4) is 11.3 Å². The molecule has 1 fully saturated rings. The molecule has 0 spiro atoms. The van der Waals surface area contributed by atoms with Gasteiger partial charge in [0.2, 0.25) is 0 Å². The van der Waals surface area contributed by atoms with Crippen LogP contribution in [0.5, 0.6) is 0 Å². The zero-order chi connectivity index (χ0) is 14.2. The topological polar surface area (TPSA) is 19.4 Å². The molecule has 0 amide bonds. The Morgan fingerprint density at radius 3 is 2.55 bits per heavy atom. The molecule has 0 unspecified atom stereocenters. The van der Waals surface area contributed by atoms with Gasteiger partial charge in [-0.1, -0.05) is 30.3 Å². The smallest absolute Gasteiger partial charge is 0.129 e. The summed E-state index contributed by atoms with van der Waals surface area (Å²) >= 11 is 0. The van der Waals surface area contributed by atoms with Crippen molar-refractivity contribution < 1.29 is 21.1 Å². The SMILES string of the molecule is CN1CN(c2nc(-c3[c-]cccc3)cc3ccccc23)C1.[W]. The second-order valence-electron chi connectivity index (χ2n) is 5.51. The van der Waals surface area contributed by atoms with Crippen molar-refractivity contribution in [1.82, 2.24) is 9.88 Å². The summed E-state index contributed by atoms with van der Waals surface area (Å²) in [5, 5.41) is 2.44. The van der Waals surface area contributed by atoms with Crippen molar-refractivity contribution in [3.05, 3.63) is 60.7 Å². The van der Waals surface area contributed by atoms with Gasteiger partial charge in [0, 0.05) is 26.5 Å². The number of benzene rings is 2. The van der Waals surface area contributed by atoms with E-state index >= 15 is 0 Å². The fourth-order valence-electron chi connectivity index (χ4n) is 2.79. The summed E-state index contributed by atoms with van der Waals surface area (Å²) in [6.45, 7) is 1.86. The number of rotatable bonds is 2. The van der Waals surface area contributed by atoms with Gasteiger partial charge in [-0.15, -0.1) is 35.9 Å². The third-order valence-electron chi connectivity index (χ3n) is 3.83. The Bertz CT molecular complexity index is 783. The summed E-state index contributed by atoms with van der Waals surface area (Å²) in [4.78, 5) is 9.46. The van der Waals surface area contributed by atoms with E-state index in [1.54, 1.807) is 0 Å². The first kappa shape index (κ1) is 15.2. The van der Waals surface area contributed by atoms with Gasteiger partial charge in [-0.25, -0.2) is 0 Å². The summed E-state index contributed by atoms with van der Waals surface area (Å²) in [7, 11) is 2.12. The molecule has 0 radical (unpaired) electrons. The monoisotopic (exact) mass is 458 g/mol. The molecule has 2 aromatic carbocycles. The fourth-order valence-corrected chi connectivity index (χ4v) is 2.79. The van der Waals surface area contributed by atoms with E-state index in [4.69, 9.17) is 4.98 Å². The standard InChI is InChI=1S/C18H16N3.W/c1-20-12-21(13-20)18-16-10-6-5-9-15(16)11-17(19-18)14-7-3-2-4-8-14;/h2-7,9-11H,12-13H2,1H3;/q-1;. The molecule has 22 heavy (non-hydrogen) atoms. The second kappa shape index (κ2) is 6.19. The van der Waals surface area contributed by atoms with Crippen LogP contribution in [0.2, 0.25) is 0 Å². The van der Waals surface area contributed by atoms with Crippen LogP contribution in [0, 0.1) is 6.07 Å². The van der Waals surface area contributed by atoms with E-state index in [0.717, 1.165) is 30.4 Å². The molecule has 0 saturated carbocycles. The summed E-state index contributed by atoms with van der Waals surface area (Å²) in [6.07, 6.45) is 0. The predicted molar refractivity (Wildman–Crippen MR) is 86.0 cm³/mol. The second-order valence-corrected chi connectivity index (χ2v) is 5.51. The summed E-state index contributed by atoms with van der Waals surface area (Å²) in [5.41, 5.74) is 2.03. The Labute approximate surface area is 144 Å². The molecule has 1 aromatic heterocycles. The van der Waals surface area contributed by atoms with Gasteiger partial charge in [0.1, 0.15) is 5.82 Å². The molecular weight excluding hydrogens is 442 g/mol. The minimum Gasteiger partial charge on any atom is -0.331 e. The van der Waals surface area contributed by atoms with Crippen molar-refractivity contribution in [2.75, 3.05) is 25.3 Å². The molecule has 3 nitrogen and oxygen atoms in total. The van der Waals surface area contributed by atoms with E-state index in [-0.39, 0.29) is 21.1 Å². The molecule has 1 saturated heterocycles. The van der Waals surface area contributed by atoms with Crippen molar-refractivity contribution in [2.45, 2.75) is 0 Å². The average Bonchev–Trinajstić information content (AvgIpc) is 2.52. The first-order valence-corrected chi connectivity index (χ1v) is 7.11. The Kier molecular flexibility index (Phi) is 4.28. The Morgan fingerprint density at radius 1 is 1.05 bits per heavy atom. The minimum absolute atomic E-state index is 0. The number of fused-ring (bicyclic) bond motifs is 1. The summed E-state index contributed by atoms with van der Waals surface area (Å²) in [6, 6.07) is 21.9. The fraction of sp³-hybridized carbons (Fsp3) is 0.167. The molecule has 4 heteroatoms. The van der Waals surface area contributed by atoms with Crippen LogP contribution in [0.15, 0.2) is 54.6 Å². The van der Waals surface area contributed by atoms with E-state index in [9.17, 15) is 0 Å². The van der Waals surface area contributed by atoms with Gasteiger partial charge in [-0.3, -0.25) is 9.88 Å². The normalized spacial score (nSPS) is 14.5. The van der Waals surface area contributed by atoms with Gasteiger partial charge in [0.15, 0.2) is 0 Å². The number of hydrogen-bond donors (Lipinski definition) is 0. The number of pyridine rings is 1. The third kappa shape index (κ3) is 2.67. The Balaban J connectivity index is 0.00000144. The maximum atomic E-state index is 4.90. The maximum absolute atomic E-state index is 4.90. The number of hydrogen-bond acceptors (Lipinski definition) is 3. The van der Waals surface area contributed by atoms with Crippen molar-refractivity contribution in [3.63, 3.8) is 0 Å². The van der Waals surface area contributed by atoms with E-state index in [2.05, 4.69) is 59.3 Å². The first-order valence-electron chi connectivity index (χ1n) is 7.11. The third-order valence-corrected chi connectivity index (χ3v) is 3.83. The van der Waals surface area contributed by atoms with Gasteiger partial charge in [-0.05, 0) is 18.1 Å². The van der Waals surface area contributed by atoms with Crippen LogP contribution in [0.1, 0.15) is 0 Å². The van der Waals surface area contributed by atoms with Crippen molar-refractivity contribution in [2.24, 2.45) is 0 Å². The van der Waals surface area contributed by atoms with E-state index in [1.807, 2.05) is 18.2 Å². The quantitative estimate of drug-likeness (QED) is 0.550. The van der Waals surface area contributed by atoms with Crippen LogP contribution in [0.4, 0.5) is 5.82 Å². The van der Waals surface area contributed by atoms with Gasteiger partial charge in [-0.2, -0.15) is 0 Å². The predicted octanol–water partition coefficient (Wildman–Crippen LogP) is 3.37. The number of anilines is 1. The van der Waals surface area contributed by atoms with Gasteiger partial charge < -0.3 is 4.90 Å². The van der Waals surface area contributed by atoms with E-state index < -0.39 is 0 Å². The number of nitrogens with zero attached hydrogens (tertiary/aromatic N) is 3. The van der Waals surface area contributed by atoms with Gasteiger partial charge >= 0.3 is 0 Å². The maximum Gasteiger partial charge on any atom is 0.129 e. The molecule has 0 aliphatic carbocycles. The average molecular weight is 458 g/mol. The zero-order valence-corrected chi connectivity index (χ0v) is 15.3. The molecular formula is C18H16N3W-. The van der Waals surface area contributed by atoms with Crippen molar-refractivity contribution >= 4 is 16.6 Å². The molecule has 1 aliphatic heterocycles. The van der Waals surface area contributed by atoms with Gasteiger partial charge in [0.05, 0.1) is 13.3 Å². The van der Waals surface area contributed by atoms with E-state index in [1.165, 1.54) is 10.8 Å². The Hall–Kier alpha value is -1.70. The summed E-state index contributed by atoms with van der Waals surface area (Å²) in [5.74, 6) is 1.07. The molecule has 3 aromatic rings. The molecule has 0 atom stereocenters. The minimum atomic E-state index is 0. The largest absolute Gasteiger partial charge is 0.331 e. The molecule has 0 bridgehead atoms. The van der Waals surface area contributed by atoms with Crippen LogP contribution in [0.3, 0.4) is 0 Å². The van der Waals surface area contributed by atoms with Crippen LogP contribution in [-0.4, -0.2) is 30.3 Å². The van der Waals surface area contributed by atoms with Crippen LogP contribution >= 0.6 is 0 Å². The van der Waals surface area contributed by atoms with Crippen LogP contribution < -0.4 is 4.90 Å². The molecule has 1 aliphatic rings.